The van der Waals surface area contributed by atoms with Gasteiger partial charge >= 0.3 is 0 Å². The number of primary amides is 1. The Bertz CT molecular complexity index is 383. The Morgan fingerprint density at radius 3 is 2.27 bits per heavy atom. The number of thiol groups is 1. The minimum Gasteiger partial charge on any atom is -0.370 e. The van der Waals surface area contributed by atoms with Crippen LogP contribution in [-0.2, 0) is 9.59 Å². The highest BCUT2D eigenvalue weighted by molar-refractivity contribution is 7.80. The van der Waals surface area contributed by atoms with Gasteiger partial charge in [0.15, 0.2) is 5.96 Å². The molecule has 22 heavy (non-hydrogen) atoms. The first kappa shape index (κ1) is 20.6. The van der Waals surface area contributed by atoms with Crippen LogP contribution in [0, 0.1) is 11.8 Å². The van der Waals surface area contributed by atoms with Gasteiger partial charge in [0, 0.05) is 24.8 Å². The molecule has 0 aliphatic heterocycles. The van der Waals surface area contributed by atoms with Crippen LogP contribution in [0.5, 0.6) is 0 Å². The average molecular weight is 331 g/mol. The molecule has 0 heterocycles. The van der Waals surface area contributed by atoms with Crippen LogP contribution in [-0.4, -0.2) is 48.1 Å². The predicted molar refractivity (Wildman–Crippen MR) is 92.5 cm³/mol. The van der Waals surface area contributed by atoms with Crippen molar-refractivity contribution in [3.05, 3.63) is 0 Å². The van der Waals surface area contributed by atoms with E-state index in [0.717, 1.165) is 12.8 Å². The Balaban J connectivity index is 4.56. The van der Waals surface area contributed by atoms with E-state index in [0.29, 0.717) is 31.2 Å². The predicted octanol–water partition coefficient (Wildman–Crippen LogP) is -0.0540. The van der Waals surface area contributed by atoms with Crippen molar-refractivity contribution in [3.63, 3.8) is 0 Å². The number of nitrogens with zero attached hydrogens (tertiary/aromatic N) is 2. The van der Waals surface area contributed by atoms with Gasteiger partial charge in [0.2, 0.25) is 11.8 Å². The van der Waals surface area contributed by atoms with Gasteiger partial charge in [0.1, 0.15) is 0 Å². The lowest BCUT2D eigenvalue weighted by atomic mass is 9.97. The maximum absolute atomic E-state index is 12.5. The molecule has 0 saturated heterocycles. The van der Waals surface area contributed by atoms with Crippen molar-refractivity contribution >= 4 is 30.4 Å². The smallest absolute Gasteiger partial charge is 0.237 e. The third-order valence-electron chi connectivity index (χ3n) is 3.11. The Hall–Kier alpha value is -1.44. The zero-order chi connectivity index (χ0) is 17.1. The van der Waals surface area contributed by atoms with Crippen molar-refractivity contribution in [3.8, 4) is 0 Å². The molecule has 0 aromatic carbocycles. The number of guanidine groups is 1. The Labute approximate surface area is 138 Å². The first-order valence-electron chi connectivity index (χ1n) is 7.51. The van der Waals surface area contributed by atoms with Gasteiger partial charge in [0.05, 0.1) is 6.54 Å². The van der Waals surface area contributed by atoms with Crippen molar-refractivity contribution < 1.29 is 9.59 Å². The third kappa shape index (κ3) is 9.49. The van der Waals surface area contributed by atoms with Crippen molar-refractivity contribution in [1.29, 1.82) is 0 Å². The standard InChI is InChI=1S/C14H29N5O2S/c1-10(2)7-11(9-22)13(21)19(8-12(15)20)6-4-3-5-18-14(16)17/h10-11,22H,3-9H2,1-2H3,(H2,15,20)(H4,16,17,18). The maximum atomic E-state index is 12.5. The summed E-state index contributed by atoms with van der Waals surface area (Å²) in [6.07, 6.45) is 2.18. The van der Waals surface area contributed by atoms with Crippen LogP contribution in [0.2, 0.25) is 0 Å². The van der Waals surface area contributed by atoms with Crippen LogP contribution < -0.4 is 17.2 Å². The van der Waals surface area contributed by atoms with Gasteiger partial charge in [-0.15, -0.1) is 0 Å². The summed E-state index contributed by atoms with van der Waals surface area (Å²) < 4.78 is 0. The van der Waals surface area contributed by atoms with Gasteiger partial charge in [-0.25, -0.2) is 0 Å². The number of amides is 2. The fraction of sp³-hybridized carbons (Fsp3) is 0.786. The second-order valence-corrected chi connectivity index (χ2v) is 6.11. The lowest BCUT2D eigenvalue weighted by molar-refractivity contribution is -0.138. The third-order valence-corrected chi connectivity index (χ3v) is 3.56. The first-order chi connectivity index (χ1) is 10.3. The van der Waals surface area contributed by atoms with E-state index in [9.17, 15) is 9.59 Å². The second kappa shape index (κ2) is 11.2. The number of rotatable bonds is 11. The van der Waals surface area contributed by atoms with Crippen LogP contribution in [0.3, 0.4) is 0 Å². The van der Waals surface area contributed by atoms with E-state index in [4.69, 9.17) is 17.2 Å². The topological polar surface area (TPSA) is 128 Å². The zero-order valence-corrected chi connectivity index (χ0v) is 14.4. The summed E-state index contributed by atoms with van der Waals surface area (Å²) in [5.41, 5.74) is 15.7. The minimum atomic E-state index is -0.514. The molecule has 8 heteroatoms. The van der Waals surface area contributed by atoms with Crippen molar-refractivity contribution in [2.45, 2.75) is 33.1 Å². The summed E-state index contributed by atoms with van der Waals surface area (Å²) in [6.45, 7) is 5.01. The Kier molecular flexibility index (Phi) is 10.4. The number of carbonyl (C=O) groups is 2. The average Bonchev–Trinajstić information content (AvgIpc) is 2.41. The number of nitrogens with two attached hydrogens (primary N) is 3. The molecule has 0 spiro atoms. The van der Waals surface area contributed by atoms with Crippen molar-refractivity contribution in [2.75, 3.05) is 25.4 Å². The van der Waals surface area contributed by atoms with Crippen LogP contribution in [0.15, 0.2) is 4.99 Å². The largest absolute Gasteiger partial charge is 0.370 e. The molecule has 0 bridgehead atoms. The van der Waals surface area contributed by atoms with Gasteiger partial charge in [-0.05, 0) is 25.2 Å². The molecule has 1 unspecified atom stereocenters. The number of carbonyl (C=O) groups excluding carboxylic acids is 2. The number of unbranched alkanes of at least 4 members (excludes halogenated alkanes) is 1. The molecule has 7 nitrogen and oxygen atoms in total. The molecule has 0 radical (unpaired) electrons. The lowest BCUT2D eigenvalue weighted by Gasteiger charge is -2.26. The monoisotopic (exact) mass is 331 g/mol. The van der Waals surface area contributed by atoms with E-state index in [1.54, 1.807) is 0 Å². The van der Waals surface area contributed by atoms with E-state index in [-0.39, 0.29) is 24.3 Å². The summed E-state index contributed by atoms with van der Waals surface area (Å²) in [4.78, 5) is 29.1. The number of hydrogen-bond donors (Lipinski definition) is 4. The van der Waals surface area contributed by atoms with E-state index >= 15 is 0 Å². The molecule has 0 rings (SSSR count). The summed E-state index contributed by atoms with van der Waals surface area (Å²) in [5.74, 6) is 0.126. The molecule has 0 aliphatic carbocycles. The Morgan fingerprint density at radius 2 is 1.82 bits per heavy atom. The van der Waals surface area contributed by atoms with Crippen molar-refractivity contribution in [2.24, 2.45) is 34.0 Å². The summed E-state index contributed by atoms with van der Waals surface area (Å²) in [7, 11) is 0. The molecule has 0 aromatic rings. The summed E-state index contributed by atoms with van der Waals surface area (Å²) in [5, 5.41) is 0. The quantitative estimate of drug-likeness (QED) is 0.183. The number of aliphatic imine (C=N–C) groups is 1. The lowest BCUT2D eigenvalue weighted by Crippen LogP contribution is -2.43. The van der Waals surface area contributed by atoms with Crippen LogP contribution in [0.1, 0.15) is 33.1 Å². The van der Waals surface area contributed by atoms with Crippen LogP contribution in [0.4, 0.5) is 0 Å². The van der Waals surface area contributed by atoms with Gasteiger partial charge in [-0.1, -0.05) is 13.8 Å². The van der Waals surface area contributed by atoms with Gasteiger partial charge in [-0.3, -0.25) is 14.6 Å². The molecule has 0 saturated carbocycles. The second-order valence-electron chi connectivity index (χ2n) is 5.75. The Morgan fingerprint density at radius 1 is 1.18 bits per heavy atom. The van der Waals surface area contributed by atoms with Gasteiger partial charge in [0.25, 0.3) is 0 Å². The fourth-order valence-electron chi connectivity index (χ4n) is 2.16. The molecule has 6 N–H and O–H groups in total. The first-order valence-corrected chi connectivity index (χ1v) is 8.14. The highest BCUT2D eigenvalue weighted by atomic mass is 32.1. The minimum absolute atomic E-state index is 0.0529. The molecule has 0 fully saturated rings. The molecule has 0 aliphatic rings. The van der Waals surface area contributed by atoms with Crippen LogP contribution >= 0.6 is 12.6 Å². The maximum Gasteiger partial charge on any atom is 0.237 e. The molecule has 2 amide bonds. The SMILES string of the molecule is CC(C)CC(CS)C(=O)N(CCCCN=C(N)N)CC(N)=O. The van der Waals surface area contributed by atoms with Crippen molar-refractivity contribution in [1.82, 2.24) is 4.90 Å². The van der Waals surface area contributed by atoms with E-state index in [2.05, 4.69) is 31.5 Å². The molecular weight excluding hydrogens is 302 g/mol. The van der Waals surface area contributed by atoms with E-state index in [1.807, 2.05) is 0 Å². The highest BCUT2D eigenvalue weighted by Crippen LogP contribution is 2.16. The van der Waals surface area contributed by atoms with Gasteiger partial charge < -0.3 is 22.1 Å². The highest BCUT2D eigenvalue weighted by Gasteiger charge is 2.24. The zero-order valence-electron chi connectivity index (χ0n) is 13.5. The fourth-order valence-corrected chi connectivity index (χ4v) is 2.46. The normalized spacial score (nSPS) is 12.0. The van der Waals surface area contributed by atoms with Gasteiger partial charge in [-0.2, -0.15) is 12.6 Å². The molecular formula is C14H29N5O2S. The van der Waals surface area contributed by atoms with E-state index < -0.39 is 5.91 Å². The molecule has 128 valence electrons. The molecule has 0 aromatic heterocycles. The van der Waals surface area contributed by atoms with E-state index in [1.165, 1.54) is 4.90 Å². The number of hydrogen-bond acceptors (Lipinski definition) is 4. The molecule has 1 atom stereocenters. The summed E-state index contributed by atoms with van der Waals surface area (Å²) in [6, 6.07) is 0. The van der Waals surface area contributed by atoms with Crippen LogP contribution in [0.25, 0.3) is 0 Å². The summed E-state index contributed by atoms with van der Waals surface area (Å²) >= 11 is 4.25.